The largest absolute Gasteiger partial charge is 0.348 e. The number of carbonyl (C=O) groups is 2. The van der Waals surface area contributed by atoms with E-state index in [-0.39, 0.29) is 23.8 Å². The monoisotopic (exact) mass is 384 g/mol. The topological polar surface area (TPSA) is 49.4 Å². The summed E-state index contributed by atoms with van der Waals surface area (Å²) in [6, 6.07) is 14.3. The Morgan fingerprint density at radius 3 is 2.52 bits per heavy atom. The standard InChI is InChI=1S/C22H28N2O2S/c1-2-19(20-9-6-16-27-20)23-22(26)18-12-14-24(15-13-18)21(25)11-10-17-7-4-3-5-8-17/h3-9,16,18-19H,2,10-15H2,1H3,(H,23,26). The van der Waals surface area contributed by atoms with E-state index in [9.17, 15) is 9.59 Å². The summed E-state index contributed by atoms with van der Waals surface area (Å²) in [6.07, 6.45) is 3.72. The molecule has 0 bridgehead atoms. The fourth-order valence-electron chi connectivity index (χ4n) is 3.60. The van der Waals surface area contributed by atoms with Crippen LogP contribution in [0.1, 0.15) is 49.1 Å². The van der Waals surface area contributed by atoms with Crippen LogP contribution >= 0.6 is 11.3 Å². The van der Waals surface area contributed by atoms with Crippen molar-refractivity contribution < 1.29 is 9.59 Å². The van der Waals surface area contributed by atoms with Crippen molar-refractivity contribution in [2.24, 2.45) is 5.92 Å². The van der Waals surface area contributed by atoms with Crippen LogP contribution in [0.3, 0.4) is 0 Å². The first-order chi connectivity index (χ1) is 13.2. The predicted molar refractivity (Wildman–Crippen MR) is 110 cm³/mol. The van der Waals surface area contributed by atoms with Gasteiger partial charge in [-0.2, -0.15) is 0 Å². The molecule has 1 atom stereocenters. The second kappa shape index (κ2) is 9.70. The van der Waals surface area contributed by atoms with Crippen molar-refractivity contribution >= 4 is 23.2 Å². The molecule has 1 fully saturated rings. The minimum absolute atomic E-state index is 0.0113. The van der Waals surface area contributed by atoms with E-state index in [1.54, 1.807) is 11.3 Å². The molecular weight excluding hydrogens is 356 g/mol. The van der Waals surface area contributed by atoms with Gasteiger partial charge >= 0.3 is 0 Å². The minimum atomic E-state index is 0.0113. The number of nitrogens with zero attached hydrogens (tertiary/aromatic N) is 1. The molecule has 1 aromatic heterocycles. The lowest BCUT2D eigenvalue weighted by atomic mass is 9.95. The average molecular weight is 385 g/mol. The highest BCUT2D eigenvalue weighted by Crippen LogP contribution is 2.24. The van der Waals surface area contributed by atoms with Gasteiger partial charge in [-0.1, -0.05) is 43.3 Å². The first-order valence-corrected chi connectivity index (χ1v) is 10.7. The molecule has 1 aliphatic rings. The number of thiophene rings is 1. The average Bonchev–Trinajstić information content (AvgIpc) is 3.25. The lowest BCUT2D eigenvalue weighted by Gasteiger charge is -2.32. The Hall–Kier alpha value is -2.14. The first-order valence-electron chi connectivity index (χ1n) is 9.83. The molecule has 0 aliphatic carbocycles. The fourth-order valence-corrected chi connectivity index (χ4v) is 4.46. The van der Waals surface area contributed by atoms with Crippen LogP contribution in [0.5, 0.6) is 0 Å². The van der Waals surface area contributed by atoms with E-state index in [1.165, 1.54) is 10.4 Å². The van der Waals surface area contributed by atoms with Crippen LogP contribution < -0.4 is 5.32 Å². The number of aryl methyl sites for hydroxylation is 1. The van der Waals surface area contributed by atoms with Gasteiger partial charge in [0.25, 0.3) is 0 Å². The van der Waals surface area contributed by atoms with Crippen LogP contribution in [0, 0.1) is 5.92 Å². The highest BCUT2D eigenvalue weighted by molar-refractivity contribution is 7.10. The Kier molecular flexibility index (Phi) is 7.04. The number of rotatable bonds is 7. The second-order valence-electron chi connectivity index (χ2n) is 7.13. The summed E-state index contributed by atoms with van der Waals surface area (Å²) in [5.41, 5.74) is 1.19. The fraction of sp³-hybridized carbons (Fsp3) is 0.455. The van der Waals surface area contributed by atoms with Gasteiger partial charge in [0.1, 0.15) is 0 Å². The van der Waals surface area contributed by atoms with E-state index in [2.05, 4.69) is 30.4 Å². The van der Waals surface area contributed by atoms with E-state index in [4.69, 9.17) is 0 Å². The number of likely N-dealkylation sites (tertiary alicyclic amines) is 1. The molecule has 0 spiro atoms. The Morgan fingerprint density at radius 2 is 1.89 bits per heavy atom. The van der Waals surface area contributed by atoms with Crippen LogP contribution in [0.15, 0.2) is 47.8 Å². The van der Waals surface area contributed by atoms with Crippen molar-refractivity contribution in [2.75, 3.05) is 13.1 Å². The molecule has 1 aliphatic heterocycles. The van der Waals surface area contributed by atoms with Gasteiger partial charge in [0.05, 0.1) is 6.04 Å². The van der Waals surface area contributed by atoms with Crippen molar-refractivity contribution in [1.29, 1.82) is 0 Å². The van der Waals surface area contributed by atoms with Crippen molar-refractivity contribution in [2.45, 2.75) is 45.1 Å². The molecule has 1 aromatic carbocycles. The minimum Gasteiger partial charge on any atom is -0.348 e. The Bertz CT molecular complexity index is 722. The van der Waals surface area contributed by atoms with Crippen LogP contribution in [0.4, 0.5) is 0 Å². The van der Waals surface area contributed by atoms with Crippen LogP contribution in [0.25, 0.3) is 0 Å². The van der Waals surface area contributed by atoms with E-state index < -0.39 is 0 Å². The van der Waals surface area contributed by atoms with Crippen LogP contribution in [0.2, 0.25) is 0 Å². The number of amides is 2. The summed E-state index contributed by atoms with van der Waals surface area (Å²) < 4.78 is 0. The zero-order valence-electron chi connectivity index (χ0n) is 15.9. The summed E-state index contributed by atoms with van der Waals surface area (Å²) >= 11 is 1.68. The molecule has 5 heteroatoms. The number of hydrogen-bond acceptors (Lipinski definition) is 3. The number of hydrogen-bond donors (Lipinski definition) is 1. The lowest BCUT2D eigenvalue weighted by molar-refractivity contribution is -0.135. The molecule has 0 saturated carbocycles. The van der Waals surface area contributed by atoms with Gasteiger partial charge in [-0.25, -0.2) is 0 Å². The summed E-state index contributed by atoms with van der Waals surface area (Å²) in [6.45, 7) is 3.46. The molecule has 1 unspecified atom stereocenters. The molecule has 27 heavy (non-hydrogen) atoms. The van der Waals surface area contributed by atoms with Crippen LogP contribution in [-0.4, -0.2) is 29.8 Å². The normalized spacial score (nSPS) is 16.1. The van der Waals surface area contributed by atoms with Gasteiger partial charge in [0.2, 0.25) is 11.8 Å². The van der Waals surface area contributed by atoms with Gasteiger partial charge in [-0.15, -0.1) is 11.3 Å². The first kappa shape index (κ1) is 19.6. The maximum Gasteiger partial charge on any atom is 0.223 e. The molecule has 1 saturated heterocycles. The van der Waals surface area contributed by atoms with Gasteiger partial charge in [0, 0.05) is 30.3 Å². The molecule has 144 valence electrons. The number of nitrogens with one attached hydrogen (secondary N) is 1. The van der Waals surface area contributed by atoms with E-state index in [0.29, 0.717) is 19.5 Å². The summed E-state index contributed by atoms with van der Waals surface area (Å²) in [5, 5.41) is 5.24. The smallest absolute Gasteiger partial charge is 0.223 e. The molecule has 2 heterocycles. The molecule has 3 rings (SSSR count). The van der Waals surface area contributed by atoms with E-state index in [0.717, 1.165) is 25.7 Å². The summed E-state index contributed by atoms with van der Waals surface area (Å²) in [7, 11) is 0. The van der Waals surface area contributed by atoms with Gasteiger partial charge < -0.3 is 10.2 Å². The lowest BCUT2D eigenvalue weighted by Crippen LogP contribution is -2.43. The predicted octanol–water partition coefficient (Wildman–Crippen LogP) is 4.19. The second-order valence-corrected chi connectivity index (χ2v) is 8.10. The highest BCUT2D eigenvalue weighted by atomic mass is 32.1. The zero-order valence-corrected chi connectivity index (χ0v) is 16.7. The van der Waals surface area contributed by atoms with Gasteiger partial charge in [-0.3, -0.25) is 9.59 Å². The summed E-state index contributed by atoms with van der Waals surface area (Å²) in [4.78, 5) is 28.2. The molecule has 0 radical (unpaired) electrons. The molecule has 2 amide bonds. The van der Waals surface area contributed by atoms with Gasteiger partial charge in [-0.05, 0) is 42.7 Å². The highest BCUT2D eigenvalue weighted by Gasteiger charge is 2.28. The maximum absolute atomic E-state index is 12.6. The van der Waals surface area contributed by atoms with Crippen molar-refractivity contribution in [3.05, 3.63) is 58.3 Å². The van der Waals surface area contributed by atoms with Crippen molar-refractivity contribution in [1.82, 2.24) is 10.2 Å². The van der Waals surface area contributed by atoms with E-state index >= 15 is 0 Å². The number of carbonyl (C=O) groups excluding carboxylic acids is 2. The maximum atomic E-state index is 12.6. The zero-order chi connectivity index (χ0) is 19.1. The Morgan fingerprint density at radius 1 is 1.15 bits per heavy atom. The number of benzene rings is 1. The molecule has 1 N–H and O–H groups in total. The third-order valence-corrected chi connectivity index (χ3v) is 6.29. The SMILES string of the molecule is CCC(NC(=O)C1CCN(C(=O)CCc2ccccc2)CC1)c1cccs1. The Balaban J connectivity index is 1.44. The molecular formula is C22H28N2O2S. The number of piperidine rings is 1. The van der Waals surface area contributed by atoms with Crippen molar-refractivity contribution in [3.63, 3.8) is 0 Å². The third kappa shape index (κ3) is 5.42. The third-order valence-electron chi connectivity index (χ3n) is 5.30. The van der Waals surface area contributed by atoms with E-state index in [1.807, 2.05) is 34.5 Å². The Labute approximate surface area is 165 Å². The van der Waals surface area contributed by atoms with Gasteiger partial charge in [0.15, 0.2) is 0 Å². The van der Waals surface area contributed by atoms with Crippen LogP contribution in [-0.2, 0) is 16.0 Å². The summed E-state index contributed by atoms with van der Waals surface area (Å²) in [5.74, 6) is 0.339. The van der Waals surface area contributed by atoms with Crippen molar-refractivity contribution in [3.8, 4) is 0 Å². The molecule has 4 nitrogen and oxygen atoms in total. The molecule has 2 aromatic rings. The quantitative estimate of drug-likeness (QED) is 0.778.